The fourth-order valence-corrected chi connectivity index (χ4v) is 3.18. The average molecular weight is 311 g/mol. The number of carbonyl (C=O) groups excluding carboxylic acids is 2. The van der Waals surface area contributed by atoms with Crippen LogP contribution in [0.2, 0.25) is 5.02 Å². The van der Waals surface area contributed by atoms with Gasteiger partial charge in [0.1, 0.15) is 12.1 Å². The van der Waals surface area contributed by atoms with Gasteiger partial charge in [-0.05, 0) is 32.6 Å². The van der Waals surface area contributed by atoms with Crippen molar-refractivity contribution in [3.8, 4) is 0 Å². The molecule has 2 fully saturated rings. The molecule has 0 aromatic carbocycles. The van der Waals surface area contributed by atoms with E-state index < -0.39 is 6.04 Å². The van der Waals surface area contributed by atoms with Crippen LogP contribution in [0.1, 0.15) is 31.2 Å². The first-order chi connectivity index (χ1) is 9.90. The SMILES string of the molecule is Cc1nn(C)c(CN2C(=O)C(C)NC(=O)C2C2CC2)c1Cl. The standard InChI is InChI=1S/C14H19ClN4O2/c1-7-11(15)10(18(3)17-7)6-19-12(9-4-5-9)13(20)16-8(2)14(19)21/h8-9,12H,4-6H2,1-3H3,(H,16,20). The molecule has 0 radical (unpaired) electrons. The Balaban J connectivity index is 1.92. The molecule has 1 aliphatic heterocycles. The van der Waals surface area contributed by atoms with Crippen LogP contribution in [0.15, 0.2) is 0 Å². The van der Waals surface area contributed by atoms with E-state index in [1.807, 2.05) is 6.92 Å². The lowest BCUT2D eigenvalue weighted by Gasteiger charge is -2.38. The maximum Gasteiger partial charge on any atom is 0.245 e. The van der Waals surface area contributed by atoms with Gasteiger partial charge in [0.05, 0.1) is 23.0 Å². The maximum absolute atomic E-state index is 12.5. The molecule has 0 bridgehead atoms. The van der Waals surface area contributed by atoms with Crippen molar-refractivity contribution >= 4 is 23.4 Å². The Morgan fingerprint density at radius 1 is 1.38 bits per heavy atom. The van der Waals surface area contributed by atoms with Gasteiger partial charge in [0.15, 0.2) is 0 Å². The summed E-state index contributed by atoms with van der Waals surface area (Å²) in [6.07, 6.45) is 1.99. The van der Waals surface area contributed by atoms with Crippen molar-refractivity contribution in [2.45, 2.75) is 45.3 Å². The van der Waals surface area contributed by atoms with Gasteiger partial charge in [0.25, 0.3) is 0 Å². The van der Waals surface area contributed by atoms with Gasteiger partial charge >= 0.3 is 0 Å². The predicted octanol–water partition coefficient (Wildman–Crippen LogP) is 1.01. The Morgan fingerprint density at radius 3 is 2.57 bits per heavy atom. The van der Waals surface area contributed by atoms with Crippen LogP contribution in [-0.2, 0) is 23.2 Å². The Bertz CT molecular complexity index is 608. The molecule has 1 aromatic heterocycles. The topological polar surface area (TPSA) is 67.2 Å². The second-order valence-corrected chi connectivity index (χ2v) is 6.33. The Hall–Kier alpha value is -1.56. The van der Waals surface area contributed by atoms with Gasteiger partial charge in [-0.25, -0.2) is 0 Å². The highest BCUT2D eigenvalue weighted by Gasteiger charge is 2.47. The van der Waals surface area contributed by atoms with E-state index in [1.54, 1.807) is 23.6 Å². The third-order valence-corrected chi connectivity index (χ3v) is 4.76. The van der Waals surface area contributed by atoms with Crippen LogP contribution in [0.25, 0.3) is 0 Å². The molecule has 7 heteroatoms. The zero-order chi connectivity index (χ0) is 15.3. The monoisotopic (exact) mass is 310 g/mol. The normalized spacial score (nSPS) is 26.2. The Kier molecular flexibility index (Phi) is 3.43. The number of nitrogens with one attached hydrogen (secondary N) is 1. The molecular formula is C14H19ClN4O2. The fourth-order valence-electron chi connectivity index (χ4n) is 2.96. The van der Waals surface area contributed by atoms with Gasteiger partial charge in [-0.2, -0.15) is 5.10 Å². The summed E-state index contributed by atoms with van der Waals surface area (Å²) in [4.78, 5) is 26.4. The Labute approximate surface area is 128 Å². The minimum absolute atomic E-state index is 0.0542. The number of hydrogen-bond acceptors (Lipinski definition) is 3. The highest BCUT2D eigenvalue weighted by molar-refractivity contribution is 6.31. The average Bonchev–Trinajstić information content (AvgIpc) is 3.20. The number of aromatic nitrogens is 2. The molecule has 1 aliphatic carbocycles. The third-order valence-electron chi connectivity index (χ3n) is 4.27. The number of carbonyl (C=O) groups is 2. The van der Waals surface area contributed by atoms with Crippen LogP contribution < -0.4 is 5.32 Å². The van der Waals surface area contributed by atoms with E-state index in [9.17, 15) is 9.59 Å². The molecule has 21 heavy (non-hydrogen) atoms. The summed E-state index contributed by atoms with van der Waals surface area (Å²) in [5, 5.41) is 7.60. The minimum Gasteiger partial charge on any atom is -0.343 e. The second kappa shape index (κ2) is 5.02. The molecule has 0 spiro atoms. The van der Waals surface area contributed by atoms with Gasteiger partial charge in [0, 0.05) is 7.05 Å². The zero-order valence-electron chi connectivity index (χ0n) is 12.4. The lowest BCUT2D eigenvalue weighted by molar-refractivity contribution is -0.150. The maximum atomic E-state index is 12.5. The lowest BCUT2D eigenvalue weighted by Crippen LogP contribution is -2.62. The zero-order valence-corrected chi connectivity index (χ0v) is 13.1. The first-order valence-electron chi connectivity index (χ1n) is 7.19. The summed E-state index contributed by atoms with van der Waals surface area (Å²) in [6.45, 7) is 3.87. The van der Waals surface area contributed by atoms with Crippen molar-refractivity contribution in [3.63, 3.8) is 0 Å². The summed E-state index contributed by atoms with van der Waals surface area (Å²) in [6, 6.07) is -0.861. The van der Waals surface area contributed by atoms with Gasteiger partial charge < -0.3 is 10.2 Å². The van der Waals surface area contributed by atoms with E-state index in [0.29, 0.717) is 11.6 Å². The molecule has 1 saturated carbocycles. The number of amides is 2. The quantitative estimate of drug-likeness (QED) is 0.906. The number of aryl methyl sites for hydroxylation is 2. The van der Waals surface area contributed by atoms with Gasteiger partial charge in [-0.1, -0.05) is 11.6 Å². The van der Waals surface area contributed by atoms with E-state index in [0.717, 1.165) is 24.2 Å². The molecule has 2 atom stereocenters. The summed E-state index contributed by atoms with van der Waals surface area (Å²) in [5.41, 5.74) is 1.51. The largest absolute Gasteiger partial charge is 0.343 e. The summed E-state index contributed by atoms with van der Waals surface area (Å²) in [5.74, 6) is 0.163. The summed E-state index contributed by atoms with van der Waals surface area (Å²) < 4.78 is 1.69. The van der Waals surface area contributed by atoms with Crippen LogP contribution in [-0.4, -0.2) is 38.6 Å². The van der Waals surface area contributed by atoms with E-state index in [4.69, 9.17) is 11.6 Å². The summed E-state index contributed by atoms with van der Waals surface area (Å²) in [7, 11) is 1.80. The van der Waals surface area contributed by atoms with Crippen molar-refractivity contribution in [2.75, 3.05) is 0 Å². The van der Waals surface area contributed by atoms with Crippen LogP contribution in [0.5, 0.6) is 0 Å². The third kappa shape index (κ3) is 2.41. The van der Waals surface area contributed by atoms with Gasteiger partial charge in [-0.15, -0.1) is 0 Å². The smallest absolute Gasteiger partial charge is 0.245 e. The molecule has 114 valence electrons. The number of nitrogens with zero attached hydrogens (tertiary/aromatic N) is 3. The van der Waals surface area contributed by atoms with Gasteiger partial charge in [-0.3, -0.25) is 14.3 Å². The molecule has 2 amide bonds. The number of piperazine rings is 1. The molecular weight excluding hydrogens is 292 g/mol. The number of rotatable bonds is 3. The fraction of sp³-hybridized carbons (Fsp3) is 0.643. The molecule has 2 aliphatic rings. The van der Waals surface area contributed by atoms with Crippen LogP contribution in [0.4, 0.5) is 0 Å². The van der Waals surface area contributed by atoms with E-state index in [1.165, 1.54) is 0 Å². The van der Waals surface area contributed by atoms with E-state index in [-0.39, 0.29) is 23.8 Å². The van der Waals surface area contributed by atoms with Crippen LogP contribution in [0, 0.1) is 12.8 Å². The second-order valence-electron chi connectivity index (χ2n) is 5.95. The summed E-state index contributed by atoms with van der Waals surface area (Å²) >= 11 is 6.27. The van der Waals surface area contributed by atoms with Crippen molar-refractivity contribution in [3.05, 3.63) is 16.4 Å². The van der Waals surface area contributed by atoms with Crippen LogP contribution >= 0.6 is 11.6 Å². The van der Waals surface area contributed by atoms with Crippen molar-refractivity contribution in [1.29, 1.82) is 0 Å². The predicted molar refractivity (Wildman–Crippen MR) is 77.6 cm³/mol. The van der Waals surface area contributed by atoms with Crippen LogP contribution in [0.3, 0.4) is 0 Å². The molecule has 2 heterocycles. The minimum atomic E-state index is -0.486. The van der Waals surface area contributed by atoms with Gasteiger partial charge in [0.2, 0.25) is 11.8 Å². The highest BCUT2D eigenvalue weighted by Crippen LogP contribution is 2.38. The molecule has 1 N–H and O–H groups in total. The lowest BCUT2D eigenvalue weighted by atomic mass is 10.0. The van der Waals surface area contributed by atoms with Crippen molar-refractivity contribution in [1.82, 2.24) is 20.0 Å². The number of halogens is 1. The molecule has 3 rings (SSSR count). The molecule has 2 unspecified atom stereocenters. The Morgan fingerprint density at radius 2 is 2.05 bits per heavy atom. The van der Waals surface area contributed by atoms with Crippen molar-refractivity contribution in [2.24, 2.45) is 13.0 Å². The van der Waals surface area contributed by atoms with Crippen molar-refractivity contribution < 1.29 is 9.59 Å². The number of hydrogen-bond donors (Lipinski definition) is 1. The van der Waals surface area contributed by atoms with E-state index in [2.05, 4.69) is 10.4 Å². The first-order valence-corrected chi connectivity index (χ1v) is 7.56. The molecule has 1 aromatic rings. The molecule has 1 saturated heterocycles. The molecule has 6 nitrogen and oxygen atoms in total. The first kappa shape index (κ1) is 14.4. The highest BCUT2D eigenvalue weighted by atomic mass is 35.5. The van der Waals surface area contributed by atoms with E-state index >= 15 is 0 Å².